The Kier molecular flexibility index (Phi) is 3.65. The second-order valence-electron chi connectivity index (χ2n) is 4.57. The molecule has 3 rings (SSSR count). The minimum Gasteiger partial charge on any atom is -0.507 e. The van der Waals surface area contributed by atoms with Crippen LogP contribution in [-0.2, 0) is 0 Å². The molecule has 0 spiro atoms. The van der Waals surface area contributed by atoms with Gasteiger partial charge in [-0.05, 0) is 35.9 Å². The minimum atomic E-state index is -0.908. The second kappa shape index (κ2) is 5.77. The van der Waals surface area contributed by atoms with Crippen LogP contribution < -0.4 is 0 Å². The van der Waals surface area contributed by atoms with Crippen molar-refractivity contribution >= 4 is 12.2 Å². The van der Waals surface area contributed by atoms with Gasteiger partial charge in [0.15, 0.2) is 17.5 Å². The van der Waals surface area contributed by atoms with Crippen molar-refractivity contribution in [3.63, 3.8) is 0 Å². The number of hydrogen-bond acceptors (Lipinski definition) is 3. The third kappa shape index (κ3) is 2.85. The van der Waals surface area contributed by atoms with Crippen molar-refractivity contribution < 1.29 is 13.9 Å². The molecule has 0 fully saturated rings. The number of phenolic OH excluding ortho intramolecular Hbond substituents is 1. The molecule has 22 heavy (non-hydrogen) atoms. The molecule has 0 unspecified atom stereocenters. The van der Waals surface area contributed by atoms with E-state index in [1.54, 1.807) is 36.4 Å². The summed E-state index contributed by atoms with van der Waals surface area (Å²) in [6.07, 6.45) is 3.17. The first-order chi connectivity index (χ1) is 10.6. The zero-order chi connectivity index (χ0) is 15.5. The Morgan fingerprint density at radius 2 is 1.82 bits per heavy atom. The molecule has 0 aliphatic carbocycles. The van der Waals surface area contributed by atoms with E-state index in [0.29, 0.717) is 22.8 Å². The van der Waals surface area contributed by atoms with Crippen LogP contribution in [0.5, 0.6) is 5.75 Å². The lowest BCUT2D eigenvalue weighted by Gasteiger charge is -1.97. The first-order valence-corrected chi connectivity index (χ1v) is 6.47. The molecule has 2 N–H and O–H groups in total. The van der Waals surface area contributed by atoms with Crippen molar-refractivity contribution in [3.8, 4) is 17.1 Å². The number of para-hydroxylation sites is 1. The van der Waals surface area contributed by atoms with Crippen LogP contribution in [0.15, 0.2) is 42.5 Å². The van der Waals surface area contributed by atoms with Gasteiger partial charge in [0.1, 0.15) is 11.6 Å². The fraction of sp³-hybridized carbons (Fsp3) is 0. The van der Waals surface area contributed by atoms with Gasteiger partial charge in [0.25, 0.3) is 0 Å². The summed E-state index contributed by atoms with van der Waals surface area (Å²) in [7, 11) is 0. The maximum absolute atomic E-state index is 13.1. The molecular weight excluding hydrogens is 288 g/mol. The summed E-state index contributed by atoms with van der Waals surface area (Å²) in [5.41, 5.74) is 1.01. The van der Waals surface area contributed by atoms with Gasteiger partial charge in [-0.15, -0.1) is 0 Å². The van der Waals surface area contributed by atoms with Crippen LogP contribution in [0.25, 0.3) is 23.5 Å². The average molecular weight is 299 g/mol. The van der Waals surface area contributed by atoms with Crippen LogP contribution >= 0.6 is 0 Å². The number of aromatic amines is 1. The van der Waals surface area contributed by atoms with Crippen molar-refractivity contribution in [2.24, 2.45) is 0 Å². The molecule has 1 aromatic heterocycles. The highest BCUT2D eigenvalue weighted by Gasteiger charge is 2.08. The molecule has 3 aromatic rings. The SMILES string of the molecule is Oc1ccccc1-c1n[nH]c(/C=C/c2ccc(F)c(F)c2)n1. The number of aromatic nitrogens is 3. The summed E-state index contributed by atoms with van der Waals surface area (Å²) in [6.45, 7) is 0. The molecule has 110 valence electrons. The first-order valence-electron chi connectivity index (χ1n) is 6.47. The number of nitrogens with one attached hydrogen (secondary N) is 1. The lowest BCUT2D eigenvalue weighted by Crippen LogP contribution is -1.84. The van der Waals surface area contributed by atoms with E-state index in [-0.39, 0.29) is 5.75 Å². The number of hydrogen-bond donors (Lipinski definition) is 2. The second-order valence-corrected chi connectivity index (χ2v) is 4.57. The van der Waals surface area contributed by atoms with Crippen LogP contribution in [0, 0.1) is 11.6 Å². The van der Waals surface area contributed by atoms with Gasteiger partial charge in [-0.3, -0.25) is 5.10 Å². The summed E-state index contributed by atoms with van der Waals surface area (Å²) < 4.78 is 25.9. The van der Waals surface area contributed by atoms with Crippen molar-refractivity contribution in [2.75, 3.05) is 0 Å². The smallest absolute Gasteiger partial charge is 0.185 e. The summed E-state index contributed by atoms with van der Waals surface area (Å²) in [5, 5.41) is 16.5. The summed E-state index contributed by atoms with van der Waals surface area (Å²) in [6, 6.07) is 10.3. The van der Waals surface area contributed by atoms with E-state index < -0.39 is 11.6 Å². The largest absolute Gasteiger partial charge is 0.507 e. The zero-order valence-electron chi connectivity index (χ0n) is 11.3. The van der Waals surface area contributed by atoms with E-state index in [2.05, 4.69) is 15.2 Å². The molecule has 1 heterocycles. The normalized spacial score (nSPS) is 11.2. The molecule has 2 aromatic carbocycles. The molecule has 0 saturated carbocycles. The first kappa shape index (κ1) is 13.9. The quantitative estimate of drug-likeness (QED) is 0.776. The number of halogens is 2. The van der Waals surface area contributed by atoms with E-state index in [4.69, 9.17) is 0 Å². The van der Waals surface area contributed by atoms with Crippen molar-refractivity contribution in [1.82, 2.24) is 15.2 Å². The standard InChI is InChI=1S/C16H11F2N3O/c17-12-7-5-10(9-13(12)18)6-8-15-19-16(21-20-15)11-3-1-2-4-14(11)22/h1-9,22H,(H,19,20,21)/b8-6+. The number of rotatable bonds is 3. The van der Waals surface area contributed by atoms with E-state index in [1.807, 2.05) is 0 Å². The third-order valence-electron chi connectivity index (χ3n) is 3.02. The van der Waals surface area contributed by atoms with Gasteiger partial charge in [0.05, 0.1) is 5.56 Å². The van der Waals surface area contributed by atoms with Gasteiger partial charge >= 0.3 is 0 Å². The molecular formula is C16H11F2N3O. The van der Waals surface area contributed by atoms with E-state index in [0.717, 1.165) is 12.1 Å². The van der Waals surface area contributed by atoms with Gasteiger partial charge in [-0.25, -0.2) is 13.8 Å². The number of phenols is 1. The number of nitrogens with zero attached hydrogens (tertiary/aromatic N) is 2. The fourth-order valence-electron chi connectivity index (χ4n) is 1.92. The average Bonchev–Trinajstić information content (AvgIpc) is 2.98. The predicted molar refractivity (Wildman–Crippen MR) is 78.8 cm³/mol. The highest BCUT2D eigenvalue weighted by Crippen LogP contribution is 2.25. The fourth-order valence-corrected chi connectivity index (χ4v) is 1.92. The Morgan fingerprint density at radius 3 is 2.59 bits per heavy atom. The summed E-state index contributed by atoms with van der Waals surface area (Å²) in [4.78, 5) is 4.22. The Morgan fingerprint density at radius 1 is 1.00 bits per heavy atom. The Hall–Kier alpha value is -3.02. The van der Waals surface area contributed by atoms with E-state index in [9.17, 15) is 13.9 Å². The lowest BCUT2D eigenvalue weighted by molar-refractivity contribution is 0.477. The number of aromatic hydroxyl groups is 1. The number of benzene rings is 2. The maximum Gasteiger partial charge on any atom is 0.185 e. The monoisotopic (exact) mass is 299 g/mol. The topological polar surface area (TPSA) is 61.8 Å². The molecule has 0 saturated heterocycles. The Bertz CT molecular complexity index is 843. The lowest BCUT2D eigenvalue weighted by atomic mass is 10.2. The molecule has 0 radical (unpaired) electrons. The Labute approximate surface area is 124 Å². The predicted octanol–water partition coefficient (Wildman–Crippen LogP) is 3.63. The van der Waals surface area contributed by atoms with E-state index in [1.165, 1.54) is 6.07 Å². The van der Waals surface area contributed by atoms with Gasteiger partial charge in [-0.2, -0.15) is 5.10 Å². The van der Waals surface area contributed by atoms with Gasteiger partial charge in [0.2, 0.25) is 0 Å². The summed E-state index contributed by atoms with van der Waals surface area (Å²) >= 11 is 0. The molecule has 6 heteroatoms. The van der Waals surface area contributed by atoms with Crippen LogP contribution in [0.1, 0.15) is 11.4 Å². The molecule has 0 amide bonds. The molecule has 0 atom stereocenters. The third-order valence-corrected chi connectivity index (χ3v) is 3.02. The van der Waals surface area contributed by atoms with Crippen LogP contribution in [0.3, 0.4) is 0 Å². The highest BCUT2D eigenvalue weighted by atomic mass is 19.2. The highest BCUT2D eigenvalue weighted by molar-refractivity contribution is 5.69. The van der Waals surface area contributed by atoms with Crippen molar-refractivity contribution in [3.05, 3.63) is 65.5 Å². The summed E-state index contributed by atoms with van der Waals surface area (Å²) in [5.74, 6) is -0.933. The Balaban J connectivity index is 1.84. The number of H-pyrrole nitrogens is 1. The van der Waals surface area contributed by atoms with Crippen LogP contribution in [-0.4, -0.2) is 20.3 Å². The maximum atomic E-state index is 13.1. The molecule has 0 aliphatic heterocycles. The van der Waals surface area contributed by atoms with Gasteiger partial charge in [0, 0.05) is 0 Å². The van der Waals surface area contributed by atoms with Crippen LogP contribution in [0.2, 0.25) is 0 Å². The molecule has 0 bridgehead atoms. The van der Waals surface area contributed by atoms with Gasteiger partial charge < -0.3 is 5.11 Å². The van der Waals surface area contributed by atoms with Gasteiger partial charge in [-0.1, -0.05) is 24.3 Å². The molecule has 4 nitrogen and oxygen atoms in total. The minimum absolute atomic E-state index is 0.0811. The molecule has 0 aliphatic rings. The van der Waals surface area contributed by atoms with Crippen molar-refractivity contribution in [1.29, 1.82) is 0 Å². The zero-order valence-corrected chi connectivity index (χ0v) is 11.3. The van der Waals surface area contributed by atoms with Crippen molar-refractivity contribution in [2.45, 2.75) is 0 Å². The van der Waals surface area contributed by atoms with Crippen LogP contribution in [0.4, 0.5) is 8.78 Å². The van der Waals surface area contributed by atoms with E-state index >= 15 is 0 Å².